The lowest BCUT2D eigenvalue weighted by Gasteiger charge is -2.59. The zero-order valence-corrected chi connectivity index (χ0v) is 12.1. The number of rotatable bonds is 1. The molecule has 0 saturated heterocycles. The van der Waals surface area contributed by atoms with E-state index in [0.29, 0.717) is 17.3 Å². The maximum atomic E-state index is 10.3. The summed E-state index contributed by atoms with van der Waals surface area (Å²) in [5.41, 5.74) is 1.90. The lowest BCUT2D eigenvalue weighted by molar-refractivity contribution is -0.106. The first-order valence-corrected chi connectivity index (χ1v) is 7.90. The molecular weight excluding hydrogens is 288 g/mol. The predicted octanol–water partition coefficient (Wildman–Crippen LogP) is 3.89. The van der Waals surface area contributed by atoms with Gasteiger partial charge in [-0.3, -0.25) is 0 Å². The number of aliphatic hydroxyl groups excluding tert-OH is 1. The van der Waals surface area contributed by atoms with Crippen molar-refractivity contribution in [1.29, 1.82) is 0 Å². The van der Waals surface area contributed by atoms with E-state index in [1.54, 1.807) is 0 Å². The molecule has 2 heteroatoms. The molecule has 0 aromatic heterocycles. The van der Waals surface area contributed by atoms with Gasteiger partial charge < -0.3 is 5.11 Å². The molecule has 4 bridgehead atoms. The topological polar surface area (TPSA) is 20.2 Å². The van der Waals surface area contributed by atoms with Gasteiger partial charge in [0.25, 0.3) is 0 Å². The van der Waals surface area contributed by atoms with Gasteiger partial charge in [0.05, 0.1) is 6.10 Å². The van der Waals surface area contributed by atoms with Crippen LogP contribution in [0.5, 0.6) is 0 Å². The van der Waals surface area contributed by atoms with Crippen LogP contribution in [0.4, 0.5) is 0 Å². The zero-order chi connectivity index (χ0) is 12.3. The Balaban J connectivity index is 1.74. The quantitative estimate of drug-likeness (QED) is 0.834. The van der Waals surface area contributed by atoms with Gasteiger partial charge in [-0.25, -0.2) is 0 Å². The van der Waals surface area contributed by atoms with Crippen LogP contribution in [0.15, 0.2) is 28.7 Å². The second kappa shape index (κ2) is 3.83. The highest BCUT2D eigenvalue weighted by atomic mass is 79.9. The van der Waals surface area contributed by atoms with Gasteiger partial charge in [-0.15, -0.1) is 0 Å². The third-order valence-corrected chi connectivity index (χ3v) is 6.21. The lowest BCUT2D eigenvalue weighted by Crippen LogP contribution is -2.55. The van der Waals surface area contributed by atoms with Crippen LogP contribution in [0, 0.1) is 17.8 Å². The fourth-order valence-electron chi connectivity index (χ4n) is 5.15. The predicted molar refractivity (Wildman–Crippen MR) is 75.4 cm³/mol. The second-order valence-electron chi connectivity index (χ2n) is 6.75. The third kappa shape index (κ3) is 1.55. The molecule has 0 aliphatic heterocycles. The largest absolute Gasteiger partial charge is 0.393 e. The molecule has 4 fully saturated rings. The molecule has 5 atom stereocenters. The first kappa shape index (κ1) is 11.5. The Bertz CT molecular complexity index is 450. The fourth-order valence-corrected chi connectivity index (χ4v) is 5.42. The van der Waals surface area contributed by atoms with E-state index in [0.717, 1.165) is 10.4 Å². The van der Waals surface area contributed by atoms with Crippen LogP contribution in [0.2, 0.25) is 0 Å². The first-order chi connectivity index (χ1) is 8.66. The van der Waals surface area contributed by atoms with Crippen LogP contribution in [0.1, 0.15) is 37.7 Å². The minimum Gasteiger partial charge on any atom is -0.393 e. The average molecular weight is 307 g/mol. The molecule has 4 aliphatic rings. The summed E-state index contributed by atoms with van der Waals surface area (Å²) in [5.74, 6) is 2.01. The molecule has 0 heterocycles. The summed E-state index contributed by atoms with van der Waals surface area (Å²) in [6.07, 6.45) is 6.32. The van der Waals surface area contributed by atoms with Crippen molar-refractivity contribution in [2.45, 2.75) is 43.6 Å². The summed E-state index contributed by atoms with van der Waals surface area (Å²) in [5, 5.41) is 10.3. The van der Waals surface area contributed by atoms with Crippen molar-refractivity contribution in [3.63, 3.8) is 0 Å². The van der Waals surface area contributed by atoms with Crippen molar-refractivity contribution < 1.29 is 5.11 Å². The fraction of sp³-hybridized carbons (Fsp3) is 0.625. The third-order valence-electron chi connectivity index (χ3n) is 5.68. The molecule has 0 spiro atoms. The number of aliphatic hydroxyl groups is 1. The summed E-state index contributed by atoms with van der Waals surface area (Å²) in [6.45, 7) is 0. The highest BCUT2D eigenvalue weighted by Crippen LogP contribution is 2.60. The van der Waals surface area contributed by atoms with Gasteiger partial charge in [0.1, 0.15) is 0 Å². The van der Waals surface area contributed by atoms with Gasteiger partial charge in [-0.1, -0.05) is 28.1 Å². The summed E-state index contributed by atoms with van der Waals surface area (Å²) >= 11 is 3.53. The maximum absolute atomic E-state index is 10.3. The van der Waals surface area contributed by atoms with Gasteiger partial charge in [-0.05, 0) is 73.0 Å². The van der Waals surface area contributed by atoms with Crippen molar-refractivity contribution >= 4 is 15.9 Å². The molecule has 96 valence electrons. The number of benzene rings is 1. The molecule has 5 rings (SSSR count). The molecular formula is C16H19BrO. The maximum Gasteiger partial charge on any atom is 0.0597 e. The normalized spacial score (nSPS) is 45.4. The van der Waals surface area contributed by atoms with Crippen molar-refractivity contribution in [1.82, 2.24) is 0 Å². The molecule has 1 aromatic rings. The molecule has 1 N–H and O–H groups in total. The Hall–Kier alpha value is -0.340. The highest BCUT2D eigenvalue weighted by molar-refractivity contribution is 9.10. The van der Waals surface area contributed by atoms with E-state index >= 15 is 0 Å². The molecule has 4 aliphatic carbocycles. The van der Waals surface area contributed by atoms with Gasteiger partial charge in [0, 0.05) is 4.47 Å². The minimum absolute atomic E-state index is 0.00915. The first-order valence-electron chi connectivity index (χ1n) is 7.10. The van der Waals surface area contributed by atoms with Crippen LogP contribution >= 0.6 is 15.9 Å². The van der Waals surface area contributed by atoms with Crippen molar-refractivity contribution in [3.8, 4) is 0 Å². The van der Waals surface area contributed by atoms with E-state index in [4.69, 9.17) is 0 Å². The number of hydrogen-bond donors (Lipinski definition) is 1. The standard InChI is InChI=1S/C16H19BrO/c17-14-3-1-13(2-4-14)16-7-10-5-11(8-16)15(18)12(6-10)9-16/h1-4,10-12,15,18H,5-9H2/t10?,11-,12+,15?,16?. The van der Waals surface area contributed by atoms with Crippen LogP contribution < -0.4 is 0 Å². The zero-order valence-electron chi connectivity index (χ0n) is 10.5. The average Bonchev–Trinajstić information content (AvgIpc) is 2.35. The van der Waals surface area contributed by atoms with E-state index in [2.05, 4.69) is 40.2 Å². The molecule has 0 amide bonds. The van der Waals surface area contributed by atoms with Gasteiger partial charge in [-0.2, -0.15) is 0 Å². The van der Waals surface area contributed by atoms with Gasteiger partial charge >= 0.3 is 0 Å². The van der Waals surface area contributed by atoms with Crippen molar-refractivity contribution in [3.05, 3.63) is 34.3 Å². The Morgan fingerprint density at radius 2 is 1.61 bits per heavy atom. The van der Waals surface area contributed by atoms with Crippen LogP contribution in [-0.4, -0.2) is 11.2 Å². The van der Waals surface area contributed by atoms with Gasteiger partial charge in [0.2, 0.25) is 0 Å². The number of halogens is 1. The molecule has 1 aromatic carbocycles. The van der Waals surface area contributed by atoms with E-state index in [1.807, 2.05) is 0 Å². The minimum atomic E-state index is -0.00915. The number of hydrogen-bond acceptors (Lipinski definition) is 1. The molecule has 1 nitrogen and oxygen atoms in total. The van der Waals surface area contributed by atoms with Crippen molar-refractivity contribution in [2.24, 2.45) is 17.8 Å². The lowest BCUT2D eigenvalue weighted by atomic mass is 9.47. The smallest absolute Gasteiger partial charge is 0.0597 e. The summed E-state index contributed by atoms with van der Waals surface area (Å²) in [4.78, 5) is 0. The Labute approximate surface area is 117 Å². The Morgan fingerprint density at radius 1 is 1.00 bits per heavy atom. The van der Waals surface area contributed by atoms with E-state index in [9.17, 15) is 5.11 Å². The summed E-state index contributed by atoms with van der Waals surface area (Å²) < 4.78 is 1.16. The second-order valence-corrected chi connectivity index (χ2v) is 7.66. The SMILES string of the molecule is OC1[C@@H]2CC3C[C@H]1CC(c1ccc(Br)cc1)(C3)C2. The van der Waals surface area contributed by atoms with E-state index in [1.165, 1.54) is 37.7 Å². The summed E-state index contributed by atoms with van der Waals surface area (Å²) in [6, 6.07) is 8.93. The van der Waals surface area contributed by atoms with Crippen LogP contribution in [0.3, 0.4) is 0 Å². The molecule has 0 radical (unpaired) electrons. The van der Waals surface area contributed by atoms with Crippen LogP contribution in [0.25, 0.3) is 0 Å². The molecule has 18 heavy (non-hydrogen) atoms. The summed E-state index contributed by atoms with van der Waals surface area (Å²) in [7, 11) is 0. The molecule has 3 unspecified atom stereocenters. The Kier molecular flexibility index (Phi) is 2.44. The van der Waals surface area contributed by atoms with Crippen molar-refractivity contribution in [2.75, 3.05) is 0 Å². The van der Waals surface area contributed by atoms with Gasteiger partial charge in [0.15, 0.2) is 0 Å². The Morgan fingerprint density at radius 3 is 2.22 bits per heavy atom. The van der Waals surface area contributed by atoms with Crippen LogP contribution in [-0.2, 0) is 5.41 Å². The monoisotopic (exact) mass is 306 g/mol. The molecule has 4 saturated carbocycles. The van der Waals surface area contributed by atoms with E-state index in [-0.39, 0.29) is 6.10 Å². The van der Waals surface area contributed by atoms with E-state index < -0.39 is 0 Å². The highest BCUT2D eigenvalue weighted by Gasteiger charge is 2.55.